The van der Waals surface area contributed by atoms with Crippen LogP contribution in [0.5, 0.6) is 11.5 Å². The van der Waals surface area contributed by atoms with Crippen LogP contribution in [0, 0.1) is 5.92 Å². The first-order valence-electron chi connectivity index (χ1n) is 8.44. The fraction of sp³-hybridized carbons (Fsp3) is 0.611. The number of carbonyl (C=O) groups excluding carboxylic acids is 1. The molecule has 0 aliphatic carbocycles. The van der Waals surface area contributed by atoms with Crippen LogP contribution < -0.4 is 20.1 Å². The maximum absolute atomic E-state index is 12.0. The summed E-state index contributed by atoms with van der Waals surface area (Å²) >= 11 is 3.50. The van der Waals surface area contributed by atoms with E-state index in [2.05, 4.69) is 40.4 Å². The van der Waals surface area contributed by atoms with E-state index in [1.165, 1.54) is 0 Å². The van der Waals surface area contributed by atoms with E-state index in [0.717, 1.165) is 21.5 Å². The molecule has 0 spiro atoms. The van der Waals surface area contributed by atoms with Crippen LogP contribution in [0.4, 0.5) is 4.79 Å². The lowest BCUT2D eigenvalue weighted by Gasteiger charge is -2.26. The number of amides is 1. The van der Waals surface area contributed by atoms with Gasteiger partial charge in [-0.25, -0.2) is 4.79 Å². The molecule has 2 N–H and O–H groups in total. The molecule has 1 aliphatic rings. The highest BCUT2D eigenvalue weighted by Gasteiger charge is 2.22. The second-order valence-electron chi connectivity index (χ2n) is 7.44. The van der Waals surface area contributed by atoms with Gasteiger partial charge in [0.05, 0.1) is 4.47 Å². The van der Waals surface area contributed by atoms with E-state index in [1.54, 1.807) is 0 Å². The summed E-state index contributed by atoms with van der Waals surface area (Å²) in [4.78, 5) is 12.0. The predicted octanol–water partition coefficient (Wildman–Crippen LogP) is 3.82. The normalized spacial score (nSPS) is 14.5. The minimum atomic E-state index is -0.502. The van der Waals surface area contributed by atoms with E-state index in [0.29, 0.717) is 13.1 Å². The average Bonchev–Trinajstić information content (AvgIpc) is 2.93. The molecule has 0 fully saturated rings. The smallest absolute Gasteiger partial charge is 0.407 e. The van der Waals surface area contributed by atoms with Crippen LogP contribution >= 0.6 is 15.9 Å². The molecule has 1 aromatic rings. The van der Waals surface area contributed by atoms with Crippen molar-refractivity contribution in [1.29, 1.82) is 0 Å². The van der Waals surface area contributed by atoms with Crippen molar-refractivity contribution in [3.63, 3.8) is 0 Å². The summed E-state index contributed by atoms with van der Waals surface area (Å²) in [6, 6.07) is 3.95. The number of carbonyl (C=O) groups is 1. The van der Waals surface area contributed by atoms with Crippen molar-refractivity contribution in [2.45, 2.75) is 52.8 Å². The zero-order valence-electron chi connectivity index (χ0n) is 15.4. The molecule has 2 rings (SSSR count). The van der Waals surface area contributed by atoms with Crippen molar-refractivity contribution in [3.05, 3.63) is 22.2 Å². The maximum Gasteiger partial charge on any atom is 0.407 e. The van der Waals surface area contributed by atoms with Crippen LogP contribution in [-0.2, 0) is 11.3 Å². The number of ether oxygens (including phenoxy) is 3. The Labute approximate surface area is 157 Å². The minimum Gasteiger partial charge on any atom is -0.454 e. The lowest BCUT2D eigenvalue weighted by Crippen LogP contribution is -2.46. The van der Waals surface area contributed by atoms with Gasteiger partial charge < -0.3 is 24.8 Å². The third-order valence-electron chi connectivity index (χ3n) is 3.69. The second-order valence-corrected chi connectivity index (χ2v) is 8.29. The zero-order valence-corrected chi connectivity index (χ0v) is 17.0. The van der Waals surface area contributed by atoms with Gasteiger partial charge in [0.15, 0.2) is 11.5 Å². The number of halogens is 1. The van der Waals surface area contributed by atoms with Crippen molar-refractivity contribution >= 4 is 22.0 Å². The third kappa shape index (κ3) is 6.08. The molecule has 0 saturated carbocycles. The van der Waals surface area contributed by atoms with Gasteiger partial charge in [-0.3, -0.25) is 0 Å². The quantitative estimate of drug-likeness (QED) is 0.740. The van der Waals surface area contributed by atoms with Crippen LogP contribution in [0.3, 0.4) is 0 Å². The molecular formula is C18H27BrN2O4. The lowest BCUT2D eigenvalue weighted by atomic mass is 10.0. The van der Waals surface area contributed by atoms with Gasteiger partial charge in [0.2, 0.25) is 6.79 Å². The summed E-state index contributed by atoms with van der Waals surface area (Å²) in [6.07, 6.45) is -0.390. The molecule has 0 aromatic heterocycles. The summed E-state index contributed by atoms with van der Waals surface area (Å²) in [5, 5.41) is 6.32. The van der Waals surface area contributed by atoms with Crippen molar-refractivity contribution in [3.8, 4) is 11.5 Å². The number of hydrogen-bond donors (Lipinski definition) is 2. The Kier molecular flexibility index (Phi) is 6.57. The molecule has 0 bridgehead atoms. The van der Waals surface area contributed by atoms with Crippen molar-refractivity contribution in [1.82, 2.24) is 10.6 Å². The topological polar surface area (TPSA) is 68.8 Å². The van der Waals surface area contributed by atoms with Crippen molar-refractivity contribution in [2.24, 2.45) is 5.92 Å². The SMILES string of the molecule is CC(C)[C@@H](CNCc1cc(Br)c2c(c1)OCO2)NC(=O)OC(C)(C)C. The summed E-state index contributed by atoms with van der Waals surface area (Å²) in [5.41, 5.74) is 0.577. The summed E-state index contributed by atoms with van der Waals surface area (Å²) in [6.45, 7) is 11.3. The van der Waals surface area contributed by atoms with Gasteiger partial charge in [-0.2, -0.15) is 0 Å². The highest BCUT2D eigenvalue weighted by atomic mass is 79.9. The van der Waals surface area contributed by atoms with E-state index in [9.17, 15) is 4.79 Å². The number of rotatable bonds is 6. The van der Waals surface area contributed by atoms with Gasteiger partial charge in [-0.15, -0.1) is 0 Å². The van der Waals surface area contributed by atoms with Crippen LogP contribution in [0.25, 0.3) is 0 Å². The average molecular weight is 415 g/mol. The van der Waals surface area contributed by atoms with Crippen LogP contribution in [0.1, 0.15) is 40.2 Å². The van der Waals surface area contributed by atoms with Gasteiger partial charge in [0.1, 0.15) is 5.60 Å². The molecule has 0 saturated heterocycles. The highest BCUT2D eigenvalue weighted by molar-refractivity contribution is 9.10. The van der Waals surface area contributed by atoms with Gasteiger partial charge in [-0.1, -0.05) is 13.8 Å². The molecule has 1 atom stereocenters. The molecule has 25 heavy (non-hydrogen) atoms. The molecule has 1 aromatic carbocycles. The predicted molar refractivity (Wildman–Crippen MR) is 100.0 cm³/mol. The fourth-order valence-electron chi connectivity index (χ4n) is 2.41. The van der Waals surface area contributed by atoms with Gasteiger partial charge in [-0.05, 0) is 60.3 Å². The van der Waals surface area contributed by atoms with Gasteiger partial charge in [0, 0.05) is 19.1 Å². The lowest BCUT2D eigenvalue weighted by molar-refractivity contribution is 0.0490. The number of hydrogen-bond acceptors (Lipinski definition) is 5. The van der Waals surface area contributed by atoms with Crippen molar-refractivity contribution in [2.75, 3.05) is 13.3 Å². The zero-order chi connectivity index (χ0) is 18.6. The molecule has 1 heterocycles. The molecule has 7 heteroatoms. The summed E-state index contributed by atoms with van der Waals surface area (Å²) in [5.74, 6) is 1.78. The molecule has 140 valence electrons. The highest BCUT2D eigenvalue weighted by Crippen LogP contribution is 2.39. The van der Waals surface area contributed by atoms with Crippen molar-refractivity contribution < 1.29 is 19.0 Å². The molecule has 1 aliphatic heterocycles. The second kappa shape index (κ2) is 8.27. The fourth-order valence-corrected chi connectivity index (χ4v) is 3.01. The first-order valence-corrected chi connectivity index (χ1v) is 9.23. The van der Waals surface area contributed by atoms with Crippen LogP contribution in [0.15, 0.2) is 16.6 Å². The molecule has 6 nitrogen and oxygen atoms in total. The van der Waals surface area contributed by atoms with E-state index >= 15 is 0 Å². The number of benzene rings is 1. The van der Waals surface area contributed by atoms with Gasteiger partial charge in [0.25, 0.3) is 0 Å². The largest absolute Gasteiger partial charge is 0.454 e. The first kappa shape index (κ1) is 19.8. The first-order chi connectivity index (χ1) is 11.7. The van der Waals surface area contributed by atoms with E-state index in [-0.39, 0.29) is 24.8 Å². The molecule has 0 radical (unpaired) electrons. The Bertz CT molecular complexity index is 614. The number of alkyl carbamates (subject to hydrolysis) is 1. The number of nitrogens with one attached hydrogen (secondary N) is 2. The third-order valence-corrected chi connectivity index (χ3v) is 4.28. The molecular weight excluding hydrogens is 388 g/mol. The Balaban J connectivity index is 1.87. The van der Waals surface area contributed by atoms with Crippen LogP contribution in [-0.4, -0.2) is 31.1 Å². The number of fused-ring (bicyclic) bond motifs is 1. The Morgan fingerprint density at radius 1 is 1.32 bits per heavy atom. The maximum atomic E-state index is 12.0. The molecule has 1 amide bonds. The Morgan fingerprint density at radius 3 is 2.68 bits per heavy atom. The molecule has 0 unspecified atom stereocenters. The summed E-state index contributed by atoms with van der Waals surface area (Å²) in [7, 11) is 0. The monoisotopic (exact) mass is 414 g/mol. The summed E-state index contributed by atoms with van der Waals surface area (Å²) < 4.78 is 17.0. The van der Waals surface area contributed by atoms with E-state index in [1.807, 2.05) is 32.9 Å². The Hall–Kier alpha value is -1.47. The Morgan fingerprint density at radius 2 is 2.04 bits per heavy atom. The minimum absolute atomic E-state index is 0.0210. The van der Waals surface area contributed by atoms with E-state index in [4.69, 9.17) is 14.2 Å². The van der Waals surface area contributed by atoms with Gasteiger partial charge >= 0.3 is 6.09 Å². The van der Waals surface area contributed by atoms with E-state index < -0.39 is 5.60 Å². The standard InChI is InChI=1S/C18H27BrN2O4/c1-11(2)14(21-17(22)25-18(3,4)5)9-20-8-12-6-13(19)16-15(7-12)23-10-24-16/h6-7,11,14,20H,8-10H2,1-5H3,(H,21,22)/t14-/m1/s1. The van der Waals surface area contributed by atoms with Crippen LogP contribution in [0.2, 0.25) is 0 Å².